The summed E-state index contributed by atoms with van der Waals surface area (Å²) in [5.41, 5.74) is 0.760. The van der Waals surface area contributed by atoms with Gasteiger partial charge in [-0.3, -0.25) is 0 Å². The van der Waals surface area contributed by atoms with Crippen LogP contribution in [0.25, 0.3) is 0 Å². The molecule has 98 valence electrons. The van der Waals surface area contributed by atoms with Crippen molar-refractivity contribution < 1.29 is 14.6 Å². The Morgan fingerprint density at radius 2 is 2.11 bits per heavy atom. The number of ether oxygens (including phenoxy) is 1. The highest BCUT2D eigenvalue weighted by atomic mass is 35.5. The van der Waals surface area contributed by atoms with E-state index in [2.05, 4.69) is 6.58 Å². The number of carboxylic acids is 1. The van der Waals surface area contributed by atoms with Crippen LogP contribution in [-0.4, -0.2) is 17.7 Å². The van der Waals surface area contributed by atoms with Crippen LogP contribution in [0.2, 0.25) is 5.02 Å². The minimum atomic E-state index is -1.05. The molecule has 0 fully saturated rings. The van der Waals surface area contributed by atoms with Crippen molar-refractivity contribution in [2.45, 2.75) is 26.2 Å². The van der Waals surface area contributed by atoms with Crippen LogP contribution in [0.4, 0.5) is 0 Å². The highest BCUT2D eigenvalue weighted by Crippen LogP contribution is 2.35. The second kappa shape index (κ2) is 5.44. The van der Waals surface area contributed by atoms with Crippen molar-refractivity contribution in [3.8, 4) is 5.75 Å². The van der Waals surface area contributed by atoms with E-state index < -0.39 is 5.97 Å². The fourth-order valence-electron chi connectivity index (χ4n) is 1.47. The summed E-state index contributed by atoms with van der Waals surface area (Å²) >= 11 is 6.10. The van der Waals surface area contributed by atoms with Gasteiger partial charge in [0.1, 0.15) is 12.2 Å². The minimum absolute atomic E-state index is 0.0780. The number of carbonyl (C=O) groups is 1. The van der Waals surface area contributed by atoms with Crippen LogP contribution < -0.4 is 4.74 Å². The second-order valence-corrected chi connectivity index (χ2v) is 5.40. The summed E-state index contributed by atoms with van der Waals surface area (Å²) < 4.78 is 5.32. The summed E-state index contributed by atoms with van der Waals surface area (Å²) in [5, 5.41) is 9.52. The van der Waals surface area contributed by atoms with E-state index in [0.29, 0.717) is 5.02 Å². The molecule has 0 unspecified atom stereocenters. The topological polar surface area (TPSA) is 46.5 Å². The molecule has 0 aliphatic heterocycles. The summed E-state index contributed by atoms with van der Waals surface area (Å²) in [4.78, 5) is 11.3. The summed E-state index contributed by atoms with van der Waals surface area (Å²) in [6.45, 7) is 9.72. The Hall–Kier alpha value is -1.48. The van der Waals surface area contributed by atoms with Crippen molar-refractivity contribution in [3.63, 3.8) is 0 Å². The maximum atomic E-state index is 11.3. The Labute approximate surface area is 112 Å². The fraction of sp³-hybridized carbons (Fsp3) is 0.357. The SMILES string of the molecule is C=CCOc1c(Cl)cc(C(C)(C)C)cc1C(=O)O. The average molecular weight is 269 g/mol. The number of carboxylic acid groups (broad SMARTS) is 1. The van der Waals surface area contributed by atoms with Crippen LogP contribution in [0.15, 0.2) is 24.8 Å². The molecule has 0 aliphatic rings. The number of hydrogen-bond donors (Lipinski definition) is 1. The van der Waals surface area contributed by atoms with E-state index in [0.717, 1.165) is 5.56 Å². The Bertz CT molecular complexity index is 473. The van der Waals surface area contributed by atoms with Gasteiger partial charge in [0.05, 0.1) is 5.02 Å². The third-order valence-electron chi connectivity index (χ3n) is 2.49. The van der Waals surface area contributed by atoms with E-state index in [-0.39, 0.29) is 23.3 Å². The van der Waals surface area contributed by atoms with Gasteiger partial charge in [0.2, 0.25) is 0 Å². The molecule has 0 aliphatic carbocycles. The number of halogens is 1. The van der Waals surface area contributed by atoms with Crippen LogP contribution >= 0.6 is 11.6 Å². The quantitative estimate of drug-likeness (QED) is 0.843. The maximum absolute atomic E-state index is 11.3. The lowest BCUT2D eigenvalue weighted by molar-refractivity contribution is 0.0692. The van der Waals surface area contributed by atoms with Gasteiger partial charge in [0, 0.05) is 0 Å². The van der Waals surface area contributed by atoms with Crippen molar-refractivity contribution in [1.29, 1.82) is 0 Å². The lowest BCUT2D eigenvalue weighted by atomic mass is 9.86. The van der Waals surface area contributed by atoms with Crippen molar-refractivity contribution >= 4 is 17.6 Å². The molecule has 3 nitrogen and oxygen atoms in total. The third kappa shape index (κ3) is 3.26. The predicted molar refractivity (Wildman–Crippen MR) is 72.8 cm³/mol. The van der Waals surface area contributed by atoms with Crippen LogP contribution in [0, 0.1) is 0 Å². The van der Waals surface area contributed by atoms with Crippen LogP contribution in [0.5, 0.6) is 5.75 Å². The molecule has 0 bridgehead atoms. The zero-order chi connectivity index (χ0) is 13.9. The third-order valence-corrected chi connectivity index (χ3v) is 2.77. The Kier molecular flexibility index (Phi) is 4.41. The van der Waals surface area contributed by atoms with E-state index in [4.69, 9.17) is 16.3 Å². The highest BCUT2D eigenvalue weighted by molar-refractivity contribution is 6.32. The van der Waals surface area contributed by atoms with Crippen LogP contribution in [0.3, 0.4) is 0 Å². The zero-order valence-electron chi connectivity index (χ0n) is 10.8. The molecule has 0 amide bonds. The molecule has 1 aromatic rings. The molecule has 0 atom stereocenters. The van der Waals surface area contributed by atoms with Gasteiger partial charge in [0.15, 0.2) is 5.75 Å². The molecule has 1 N–H and O–H groups in total. The number of benzene rings is 1. The molecule has 0 spiro atoms. The lowest BCUT2D eigenvalue weighted by Gasteiger charge is -2.21. The van der Waals surface area contributed by atoms with Gasteiger partial charge in [-0.15, -0.1) is 0 Å². The molecule has 0 saturated carbocycles. The van der Waals surface area contributed by atoms with Gasteiger partial charge in [-0.25, -0.2) is 4.79 Å². The Morgan fingerprint density at radius 1 is 1.50 bits per heavy atom. The van der Waals surface area contributed by atoms with Gasteiger partial charge >= 0.3 is 5.97 Å². The van der Waals surface area contributed by atoms with Crippen LogP contribution in [-0.2, 0) is 5.41 Å². The first-order valence-corrected chi connectivity index (χ1v) is 5.96. The first kappa shape index (κ1) is 14.6. The van der Waals surface area contributed by atoms with E-state index in [1.54, 1.807) is 18.2 Å². The first-order chi connectivity index (χ1) is 8.27. The maximum Gasteiger partial charge on any atom is 0.339 e. The lowest BCUT2D eigenvalue weighted by Crippen LogP contribution is -2.14. The minimum Gasteiger partial charge on any atom is -0.487 e. The average Bonchev–Trinajstić information content (AvgIpc) is 2.25. The number of rotatable bonds is 4. The Morgan fingerprint density at radius 3 is 2.56 bits per heavy atom. The van der Waals surface area contributed by atoms with Crippen molar-refractivity contribution in [2.24, 2.45) is 0 Å². The van der Waals surface area contributed by atoms with Gasteiger partial charge in [-0.2, -0.15) is 0 Å². The first-order valence-electron chi connectivity index (χ1n) is 5.58. The Balaban J connectivity index is 3.36. The second-order valence-electron chi connectivity index (χ2n) is 4.99. The van der Waals surface area contributed by atoms with Crippen molar-refractivity contribution in [2.75, 3.05) is 6.61 Å². The van der Waals surface area contributed by atoms with Gasteiger partial charge in [-0.05, 0) is 23.1 Å². The summed E-state index contributed by atoms with van der Waals surface area (Å²) in [6.07, 6.45) is 1.54. The van der Waals surface area contributed by atoms with Gasteiger partial charge < -0.3 is 9.84 Å². The molecular formula is C14H17ClO3. The predicted octanol–water partition coefficient (Wildman–Crippen LogP) is 3.90. The van der Waals surface area contributed by atoms with Crippen molar-refractivity contribution in [3.05, 3.63) is 40.9 Å². The molecule has 0 heterocycles. The zero-order valence-corrected chi connectivity index (χ0v) is 11.5. The van der Waals surface area contributed by atoms with Gasteiger partial charge in [-0.1, -0.05) is 45.0 Å². The molecule has 0 saturated heterocycles. The molecule has 4 heteroatoms. The summed E-state index contributed by atoms with van der Waals surface area (Å²) in [7, 11) is 0. The number of aromatic carboxylic acids is 1. The molecule has 1 aromatic carbocycles. The summed E-state index contributed by atoms with van der Waals surface area (Å²) in [5.74, 6) is -0.862. The largest absolute Gasteiger partial charge is 0.487 e. The number of hydrogen-bond acceptors (Lipinski definition) is 2. The standard InChI is InChI=1S/C14H17ClO3/c1-5-6-18-12-10(13(16)17)7-9(8-11(12)15)14(2,3)4/h5,7-8H,1,6H2,2-4H3,(H,16,17). The molecule has 0 aromatic heterocycles. The normalized spacial score (nSPS) is 11.1. The van der Waals surface area contributed by atoms with E-state index in [1.807, 2.05) is 20.8 Å². The van der Waals surface area contributed by atoms with Crippen molar-refractivity contribution in [1.82, 2.24) is 0 Å². The molecule has 18 heavy (non-hydrogen) atoms. The van der Waals surface area contributed by atoms with Gasteiger partial charge in [0.25, 0.3) is 0 Å². The fourth-order valence-corrected chi connectivity index (χ4v) is 1.75. The van der Waals surface area contributed by atoms with E-state index >= 15 is 0 Å². The highest BCUT2D eigenvalue weighted by Gasteiger charge is 2.22. The molecular weight excluding hydrogens is 252 g/mol. The monoisotopic (exact) mass is 268 g/mol. The van der Waals surface area contributed by atoms with E-state index in [9.17, 15) is 9.90 Å². The van der Waals surface area contributed by atoms with E-state index in [1.165, 1.54) is 0 Å². The van der Waals surface area contributed by atoms with Crippen LogP contribution in [0.1, 0.15) is 36.7 Å². The smallest absolute Gasteiger partial charge is 0.339 e. The molecule has 1 rings (SSSR count). The summed E-state index contributed by atoms with van der Waals surface area (Å²) in [6, 6.07) is 3.35. The molecule has 0 radical (unpaired) electrons.